The first kappa shape index (κ1) is 16.9. The number of anilines is 1. The fraction of sp³-hybridized carbons (Fsp3) is 0.0588. The van der Waals surface area contributed by atoms with Gasteiger partial charge in [-0.2, -0.15) is 5.26 Å². The number of methoxy groups -OCH3 is 1. The average molecular weight is 347 g/mol. The SMILES string of the molecule is COc1ccccc1NC(=O)/C(C#N)=C/c1ccc(Cl)cc1Cl. The Kier molecular flexibility index (Phi) is 5.64. The summed E-state index contributed by atoms with van der Waals surface area (Å²) in [5, 5.41) is 12.7. The topological polar surface area (TPSA) is 62.1 Å². The molecule has 0 aliphatic rings. The Morgan fingerprint density at radius 3 is 2.65 bits per heavy atom. The van der Waals surface area contributed by atoms with Gasteiger partial charge in [-0.1, -0.05) is 41.4 Å². The van der Waals surface area contributed by atoms with Crippen LogP contribution in [0.15, 0.2) is 48.0 Å². The molecular weight excluding hydrogens is 335 g/mol. The van der Waals surface area contributed by atoms with Gasteiger partial charge in [0.25, 0.3) is 5.91 Å². The molecular formula is C17H12Cl2N2O2. The van der Waals surface area contributed by atoms with E-state index in [1.165, 1.54) is 13.2 Å². The predicted octanol–water partition coefficient (Wildman–Crippen LogP) is 4.55. The van der Waals surface area contributed by atoms with Gasteiger partial charge in [0.2, 0.25) is 0 Å². The van der Waals surface area contributed by atoms with Gasteiger partial charge < -0.3 is 10.1 Å². The van der Waals surface area contributed by atoms with Crippen LogP contribution in [0.4, 0.5) is 5.69 Å². The number of ether oxygens (including phenoxy) is 1. The van der Waals surface area contributed by atoms with Gasteiger partial charge in [-0.05, 0) is 35.9 Å². The maximum absolute atomic E-state index is 12.3. The quantitative estimate of drug-likeness (QED) is 0.652. The van der Waals surface area contributed by atoms with Crippen molar-refractivity contribution in [1.82, 2.24) is 0 Å². The number of nitrogens with one attached hydrogen (secondary N) is 1. The largest absolute Gasteiger partial charge is 0.495 e. The predicted molar refractivity (Wildman–Crippen MR) is 91.7 cm³/mol. The molecule has 2 rings (SSSR count). The lowest BCUT2D eigenvalue weighted by molar-refractivity contribution is -0.112. The van der Waals surface area contributed by atoms with E-state index in [2.05, 4.69) is 5.32 Å². The van der Waals surface area contributed by atoms with Crippen LogP contribution in [-0.4, -0.2) is 13.0 Å². The zero-order valence-corrected chi connectivity index (χ0v) is 13.7. The first-order valence-electron chi connectivity index (χ1n) is 6.56. The van der Waals surface area contributed by atoms with Gasteiger partial charge in [-0.3, -0.25) is 4.79 Å². The van der Waals surface area contributed by atoms with Crippen molar-refractivity contribution in [2.75, 3.05) is 12.4 Å². The van der Waals surface area contributed by atoms with Crippen molar-refractivity contribution in [1.29, 1.82) is 5.26 Å². The summed E-state index contributed by atoms with van der Waals surface area (Å²) in [5.41, 5.74) is 0.922. The van der Waals surface area contributed by atoms with E-state index in [1.54, 1.807) is 42.5 Å². The Hall–Kier alpha value is -2.48. The van der Waals surface area contributed by atoms with Crippen molar-refractivity contribution >= 4 is 40.9 Å². The Bertz CT molecular complexity index is 810. The van der Waals surface area contributed by atoms with Crippen LogP contribution in [-0.2, 0) is 4.79 Å². The maximum Gasteiger partial charge on any atom is 0.266 e. The molecule has 0 saturated carbocycles. The van der Waals surface area contributed by atoms with Crippen LogP contribution in [0.1, 0.15) is 5.56 Å². The minimum Gasteiger partial charge on any atom is -0.495 e. The number of nitrogens with zero attached hydrogens (tertiary/aromatic N) is 1. The highest BCUT2D eigenvalue weighted by atomic mass is 35.5. The zero-order valence-electron chi connectivity index (χ0n) is 12.1. The van der Waals surface area contributed by atoms with Crippen molar-refractivity contribution in [3.63, 3.8) is 0 Å². The van der Waals surface area contributed by atoms with Crippen LogP contribution in [0.2, 0.25) is 10.0 Å². The zero-order chi connectivity index (χ0) is 16.8. The van der Waals surface area contributed by atoms with E-state index in [4.69, 9.17) is 27.9 Å². The molecule has 0 aromatic heterocycles. The normalized spacial score (nSPS) is 10.8. The molecule has 0 aliphatic carbocycles. The average Bonchev–Trinajstić information content (AvgIpc) is 2.54. The monoisotopic (exact) mass is 346 g/mol. The Morgan fingerprint density at radius 1 is 1.26 bits per heavy atom. The van der Waals surface area contributed by atoms with E-state index in [1.807, 2.05) is 6.07 Å². The summed E-state index contributed by atoms with van der Waals surface area (Å²) in [4.78, 5) is 12.3. The van der Waals surface area contributed by atoms with Crippen molar-refractivity contribution in [3.8, 4) is 11.8 Å². The number of rotatable bonds is 4. The first-order valence-corrected chi connectivity index (χ1v) is 7.32. The van der Waals surface area contributed by atoms with Crippen LogP contribution in [0.5, 0.6) is 5.75 Å². The molecule has 4 nitrogen and oxygen atoms in total. The van der Waals surface area contributed by atoms with Crippen molar-refractivity contribution < 1.29 is 9.53 Å². The number of benzene rings is 2. The molecule has 0 saturated heterocycles. The molecule has 1 amide bonds. The summed E-state index contributed by atoms with van der Waals surface area (Å²) in [6.45, 7) is 0. The summed E-state index contributed by atoms with van der Waals surface area (Å²) in [5.74, 6) is -0.0503. The molecule has 6 heteroatoms. The number of amides is 1. The molecule has 2 aromatic rings. The molecule has 1 N–H and O–H groups in total. The lowest BCUT2D eigenvalue weighted by Gasteiger charge is -2.09. The second-order valence-electron chi connectivity index (χ2n) is 4.49. The highest BCUT2D eigenvalue weighted by Gasteiger charge is 2.13. The molecule has 116 valence electrons. The Morgan fingerprint density at radius 2 is 2.00 bits per heavy atom. The fourth-order valence-corrected chi connectivity index (χ4v) is 2.32. The van der Waals surface area contributed by atoms with Crippen LogP contribution in [0, 0.1) is 11.3 Å². The molecule has 0 aliphatic heterocycles. The number of hydrogen-bond donors (Lipinski definition) is 1. The van der Waals surface area contributed by atoms with E-state index in [0.29, 0.717) is 27.0 Å². The lowest BCUT2D eigenvalue weighted by Crippen LogP contribution is -2.14. The van der Waals surface area contributed by atoms with E-state index >= 15 is 0 Å². The molecule has 0 radical (unpaired) electrons. The van der Waals surface area contributed by atoms with Gasteiger partial charge in [-0.25, -0.2) is 0 Å². The van der Waals surface area contributed by atoms with Crippen LogP contribution < -0.4 is 10.1 Å². The third kappa shape index (κ3) is 4.26. The summed E-state index contributed by atoms with van der Waals surface area (Å²) in [7, 11) is 1.50. The van der Waals surface area contributed by atoms with Gasteiger partial charge in [0.15, 0.2) is 0 Å². The number of para-hydroxylation sites is 2. The van der Waals surface area contributed by atoms with Crippen LogP contribution in [0.3, 0.4) is 0 Å². The molecule has 0 bridgehead atoms. The first-order chi connectivity index (χ1) is 11.0. The number of hydrogen-bond acceptors (Lipinski definition) is 3. The van der Waals surface area contributed by atoms with E-state index in [0.717, 1.165) is 0 Å². The number of halogens is 2. The summed E-state index contributed by atoms with van der Waals surface area (Å²) in [6, 6.07) is 13.6. The van der Waals surface area contributed by atoms with E-state index in [9.17, 15) is 10.1 Å². The van der Waals surface area contributed by atoms with Crippen molar-refractivity contribution in [2.24, 2.45) is 0 Å². The smallest absolute Gasteiger partial charge is 0.266 e. The third-order valence-electron chi connectivity index (χ3n) is 2.98. The molecule has 0 fully saturated rings. The van der Waals surface area contributed by atoms with Gasteiger partial charge in [0.1, 0.15) is 17.4 Å². The Balaban J connectivity index is 2.28. The van der Waals surface area contributed by atoms with Gasteiger partial charge in [0, 0.05) is 10.0 Å². The van der Waals surface area contributed by atoms with Gasteiger partial charge >= 0.3 is 0 Å². The molecule has 0 atom stereocenters. The van der Waals surface area contributed by atoms with Crippen molar-refractivity contribution in [2.45, 2.75) is 0 Å². The highest BCUT2D eigenvalue weighted by molar-refractivity contribution is 6.35. The molecule has 23 heavy (non-hydrogen) atoms. The van der Waals surface area contributed by atoms with Crippen LogP contribution >= 0.6 is 23.2 Å². The number of carbonyl (C=O) groups is 1. The van der Waals surface area contributed by atoms with E-state index in [-0.39, 0.29) is 5.57 Å². The fourth-order valence-electron chi connectivity index (χ4n) is 1.86. The second kappa shape index (κ2) is 7.68. The minimum atomic E-state index is -0.553. The van der Waals surface area contributed by atoms with E-state index < -0.39 is 5.91 Å². The summed E-state index contributed by atoms with van der Waals surface area (Å²) in [6.07, 6.45) is 1.41. The maximum atomic E-state index is 12.3. The standard InChI is InChI=1S/C17H12Cl2N2O2/c1-23-16-5-3-2-4-15(16)21-17(22)12(10-20)8-11-6-7-13(18)9-14(11)19/h2-9H,1H3,(H,21,22)/b12-8+. The highest BCUT2D eigenvalue weighted by Crippen LogP contribution is 2.25. The molecule has 0 unspecified atom stereocenters. The molecule has 0 spiro atoms. The summed E-state index contributed by atoms with van der Waals surface area (Å²) >= 11 is 11.9. The number of nitriles is 1. The van der Waals surface area contributed by atoms with Gasteiger partial charge in [-0.15, -0.1) is 0 Å². The third-order valence-corrected chi connectivity index (χ3v) is 3.55. The second-order valence-corrected chi connectivity index (χ2v) is 5.33. The Labute approximate surface area is 143 Å². The van der Waals surface area contributed by atoms with Crippen LogP contribution in [0.25, 0.3) is 6.08 Å². The summed E-state index contributed by atoms with van der Waals surface area (Å²) < 4.78 is 5.16. The minimum absolute atomic E-state index is 0.0832. The number of carbonyl (C=O) groups excluding carboxylic acids is 1. The van der Waals surface area contributed by atoms with Gasteiger partial charge in [0.05, 0.1) is 12.8 Å². The molecule has 0 heterocycles. The lowest BCUT2D eigenvalue weighted by atomic mass is 10.1. The van der Waals surface area contributed by atoms with Crippen molar-refractivity contribution in [3.05, 3.63) is 63.6 Å². The molecule has 2 aromatic carbocycles.